The van der Waals surface area contributed by atoms with E-state index in [0.717, 1.165) is 0 Å². The molecule has 2 N–H and O–H groups in total. The molecule has 2 rings (SSSR count). The fourth-order valence-electron chi connectivity index (χ4n) is 1.71. The summed E-state index contributed by atoms with van der Waals surface area (Å²) in [4.78, 5) is 35.4. The monoisotopic (exact) mass is 289 g/mol. The van der Waals surface area contributed by atoms with Gasteiger partial charge >= 0.3 is 0 Å². The normalized spacial score (nSPS) is 9.95. The Morgan fingerprint density at radius 1 is 1.38 bits per heavy atom. The predicted octanol–water partition coefficient (Wildman–Crippen LogP) is 2.00. The summed E-state index contributed by atoms with van der Waals surface area (Å²) in [7, 11) is 1.38. The summed E-state index contributed by atoms with van der Waals surface area (Å²) in [6, 6.07) is 6.74. The van der Waals surface area contributed by atoms with Gasteiger partial charge in [0.2, 0.25) is 0 Å². The van der Waals surface area contributed by atoms with Crippen LogP contribution in [0.4, 0.5) is 11.4 Å². The number of hydrogen-bond acceptors (Lipinski definition) is 5. The number of hydrogen-bond donors (Lipinski definition) is 2. The average Bonchev–Trinajstić information content (AvgIpc) is 2.96. The van der Waals surface area contributed by atoms with E-state index in [1.165, 1.54) is 37.4 Å². The number of H-pyrrole nitrogens is 1. The van der Waals surface area contributed by atoms with Crippen LogP contribution in [0.3, 0.4) is 0 Å². The molecular formula is C13H11N3O5. The molecule has 8 heteroatoms. The highest BCUT2D eigenvalue weighted by molar-refractivity contribution is 6.04. The third-order valence-corrected chi connectivity index (χ3v) is 2.72. The molecular weight excluding hydrogens is 278 g/mol. The number of nitrogens with one attached hydrogen (secondary N) is 2. The van der Waals surface area contributed by atoms with Gasteiger partial charge in [-0.3, -0.25) is 19.7 Å². The summed E-state index contributed by atoms with van der Waals surface area (Å²) >= 11 is 0. The summed E-state index contributed by atoms with van der Waals surface area (Å²) in [5.74, 6) is -0.252. The van der Waals surface area contributed by atoms with Crippen LogP contribution in [0.1, 0.15) is 21.0 Å². The first kappa shape index (κ1) is 14.3. The molecule has 1 aromatic heterocycles. The Kier molecular flexibility index (Phi) is 3.98. The Labute approximate surface area is 118 Å². The number of carbonyl (C=O) groups is 2. The number of carbonyl (C=O) groups excluding carboxylic acids is 2. The summed E-state index contributed by atoms with van der Waals surface area (Å²) in [6.07, 6.45) is 0.574. The van der Waals surface area contributed by atoms with Gasteiger partial charge in [0.15, 0.2) is 6.29 Å². The van der Waals surface area contributed by atoms with Crippen molar-refractivity contribution in [2.24, 2.45) is 0 Å². The lowest BCUT2D eigenvalue weighted by Gasteiger charge is -2.09. The van der Waals surface area contributed by atoms with E-state index in [1.807, 2.05) is 0 Å². The van der Waals surface area contributed by atoms with Crippen molar-refractivity contribution in [1.29, 1.82) is 0 Å². The number of benzene rings is 1. The molecule has 1 heterocycles. The molecule has 2 aromatic rings. The lowest BCUT2D eigenvalue weighted by atomic mass is 10.2. The number of non-ortho nitro benzene ring substituents is 1. The van der Waals surface area contributed by atoms with Crippen LogP contribution in [0, 0.1) is 10.1 Å². The van der Waals surface area contributed by atoms with E-state index in [9.17, 15) is 19.7 Å². The van der Waals surface area contributed by atoms with Gasteiger partial charge in [-0.2, -0.15) is 0 Å². The number of aromatic amines is 1. The third-order valence-electron chi connectivity index (χ3n) is 2.72. The molecule has 0 fully saturated rings. The van der Waals surface area contributed by atoms with Crippen LogP contribution in [0.5, 0.6) is 5.75 Å². The largest absolute Gasteiger partial charge is 0.495 e. The molecule has 1 aromatic carbocycles. The topological polar surface area (TPSA) is 114 Å². The SMILES string of the molecule is COc1ccc([N+](=O)[O-])cc1NC(=O)c1ccc(C=O)[nH]1. The number of anilines is 1. The molecule has 0 aliphatic heterocycles. The van der Waals surface area contributed by atoms with Crippen LogP contribution < -0.4 is 10.1 Å². The van der Waals surface area contributed by atoms with Gasteiger partial charge in [0.05, 0.1) is 23.4 Å². The van der Waals surface area contributed by atoms with Gasteiger partial charge in [0, 0.05) is 12.1 Å². The summed E-state index contributed by atoms with van der Waals surface area (Å²) in [5, 5.41) is 13.3. The first-order valence-electron chi connectivity index (χ1n) is 5.83. The highest BCUT2D eigenvalue weighted by Crippen LogP contribution is 2.29. The predicted molar refractivity (Wildman–Crippen MR) is 73.8 cm³/mol. The number of aldehydes is 1. The molecule has 0 aliphatic carbocycles. The first-order chi connectivity index (χ1) is 10.0. The van der Waals surface area contributed by atoms with Gasteiger partial charge in [0.25, 0.3) is 11.6 Å². The van der Waals surface area contributed by atoms with E-state index < -0.39 is 10.8 Å². The zero-order chi connectivity index (χ0) is 15.4. The molecule has 0 atom stereocenters. The average molecular weight is 289 g/mol. The Hall–Kier alpha value is -3.16. The van der Waals surface area contributed by atoms with Gasteiger partial charge < -0.3 is 15.0 Å². The number of nitro benzene ring substituents is 1. The minimum absolute atomic E-state index is 0.158. The first-order valence-corrected chi connectivity index (χ1v) is 5.83. The van der Waals surface area contributed by atoms with E-state index in [1.54, 1.807) is 0 Å². The number of amides is 1. The minimum Gasteiger partial charge on any atom is -0.495 e. The second-order valence-electron chi connectivity index (χ2n) is 4.04. The Bertz CT molecular complexity index is 708. The van der Waals surface area contributed by atoms with Crippen LogP contribution in [0.2, 0.25) is 0 Å². The number of ether oxygens (including phenoxy) is 1. The highest BCUT2D eigenvalue weighted by atomic mass is 16.6. The third kappa shape index (κ3) is 3.06. The molecule has 0 aliphatic rings. The van der Waals surface area contributed by atoms with Crippen molar-refractivity contribution in [3.05, 3.63) is 51.8 Å². The van der Waals surface area contributed by atoms with Crippen molar-refractivity contribution in [3.63, 3.8) is 0 Å². The number of aromatic nitrogens is 1. The standard InChI is InChI=1S/C13H11N3O5/c1-21-12-5-3-9(16(19)20)6-11(12)15-13(18)10-4-2-8(7-17)14-10/h2-7,14H,1H3,(H,15,18). The fourth-order valence-corrected chi connectivity index (χ4v) is 1.71. The molecule has 0 saturated heterocycles. The Morgan fingerprint density at radius 2 is 2.14 bits per heavy atom. The lowest BCUT2D eigenvalue weighted by molar-refractivity contribution is -0.384. The van der Waals surface area contributed by atoms with Crippen LogP contribution in [0.15, 0.2) is 30.3 Å². The van der Waals surface area contributed by atoms with Crippen LogP contribution in [-0.2, 0) is 0 Å². The maximum atomic E-state index is 12.0. The van der Waals surface area contributed by atoms with Gasteiger partial charge in [-0.05, 0) is 18.2 Å². The van der Waals surface area contributed by atoms with Gasteiger partial charge in [-0.1, -0.05) is 0 Å². The smallest absolute Gasteiger partial charge is 0.272 e. The van der Waals surface area contributed by atoms with Gasteiger partial charge in [-0.15, -0.1) is 0 Å². The van der Waals surface area contributed by atoms with Crippen molar-refractivity contribution < 1.29 is 19.2 Å². The quantitative estimate of drug-likeness (QED) is 0.496. The summed E-state index contributed by atoms with van der Waals surface area (Å²) in [6.45, 7) is 0. The van der Waals surface area contributed by atoms with E-state index in [-0.39, 0.29) is 28.5 Å². The summed E-state index contributed by atoms with van der Waals surface area (Å²) in [5.41, 5.74) is 0.405. The van der Waals surface area contributed by atoms with Crippen LogP contribution >= 0.6 is 0 Å². The van der Waals surface area contributed by atoms with Crippen molar-refractivity contribution >= 4 is 23.6 Å². The van der Waals surface area contributed by atoms with E-state index in [2.05, 4.69) is 10.3 Å². The van der Waals surface area contributed by atoms with Crippen molar-refractivity contribution in [2.45, 2.75) is 0 Å². The second-order valence-corrected chi connectivity index (χ2v) is 4.04. The highest BCUT2D eigenvalue weighted by Gasteiger charge is 2.15. The maximum Gasteiger partial charge on any atom is 0.272 e. The van der Waals surface area contributed by atoms with Gasteiger partial charge in [-0.25, -0.2) is 0 Å². The van der Waals surface area contributed by atoms with E-state index >= 15 is 0 Å². The van der Waals surface area contributed by atoms with Crippen molar-refractivity contribution in [3.8, 4) is 5.75 Å². The molecule has 0 bridgehead atoms. The fraction of sp³-hybridized carbons (Fsp3) is 0.0769. The molecule has 0 saturated carbocycles. The van der Waals surface area contributed by atoms with Gasteiger partial charge in [0.1, 0.15) is 11.4 Å². The molecule has 0 radical (unpaired) electrons. The molecule has 108 valence electrons. The molecule has 1 amide bonds. The van der Waals surface area contributed by atoms with Crippen LogP contribution in [-0.4, -0.2) is 29.2 Å². The number of rotatable bonds is 5. The molecule has 0 spiro atoms. The summed E-state index contributed by atoms with van der Waals surface area (Å²) < 4.78 is 5.04. The minimum atomic E-state index is -0.575. The van der Waals surface area contributed by atoms with E-state index in [4.69, 9.17) is 4.74 Å². The molecule has 21 heavy (non-hydrogen) atoms. The zero-order valence-corrected chi connectivity index (χ0v) is 11.0. The number of methoxy groups -OCH3 is 1. The maximum absolute atomic E-state index is 12.0. The van der Waals surface area contributed by atoms with Crippen LogP contribution in [0.25, 0.3) is 0 Å². The van der Waals surface area contributed by atoms with E-state index in [0.29, 0.717) is 6.29 Å². The lowest BCUT2D eigenvalue weighted by Crippen LogP contribution is -2.13. The van der Waals surface area contributed by atoms with Crippen molar-refractivity contribution in [1.82, 2.24) is 4.98 Å². The number of nitrogens with zero attached hydrogens (tertiary/aromatic N) is 1. The zero-order valence-electron chi connectivity index (χ0n) is 11.0. The molecule has 8 nitrogen and oxygen atoms in total. The molecule has 0 unspecified atom stereocenters. The Morgan fingerprint density at radius 3 is 2.71 bits per heavy atom. The van der Waals surface area contributed by atoms with Crippen molar-refractivity contribution in [2.75, 3.05) is 12.4 Å². The number of nitro groups is 1. The second kappa shape index (κ2) is 5.87. The Balaban J connectivity index is 2.28.